The molecule has 1 saturated carbocycles. The Labute approximate surface area is 82.9 Å². The van der Waals surface area contributed by atoms with Crippen molar-refractivity contribution in [2.24, 2.45) is 17.6 Å². The molecule has 2 N–H and O–H groups in total. The third-order valence-corrected chi connectivity index (χ3v) is 3.14. The van der Waals surface area contributed by atoms with Gasteiger partial charge in [-0.25, -0.2) is 0 Å². The van der Waals surface area contributed by atoms with Crippen molar-refractivity contribution >= 4 is 0 Å². The topological polar surface area (TPSA) is 26.0 Å². The normalized spacial score (nSPS) is 23.1. The minimum absolute atomic E-state index is 0.234. The highest BCUT2D eigenvalue weighted by molar-refractivity contribution is 4.78. The smallest absolute Gasteiger partial charge is 0.330 e. The predicted octanol–water partition coefficient (Wildman–Crippen LogP) is 3.09. The molecule has 0 radical (unpaired) electrons. The van der Waals surface area contributed by atoms with Gasteiger partial charge in [-0.2, -0.15) is 13.2 Å². The van der Waals surface area contributed by atoms with Crippen LogP contribution in [0.15, 0.2) is 0 Å². The van der Waals surface area contributed by atoms with E-state index in [1.807, 2.05) is 0 Å². The molecule has 0 saturated heterocycles. The first-order valence-corrected chi connectivity index (χ1v) is 5.32. The lowest BCUT2D eigenvalue weighted by Gasteiger charge is -2.26. The Morgan fingerprint density at radius 3 is 1.93 bits per heavy atom. The van der Waals surface area contributed by atoms with Gasteiger partial charge in [-0.15, -0.1) is 0 Å². The van der Waals surface area contributed by atoms with E-state index in [1.54, 1.807) is 0 Å². The highest BCUT2D eigenvalue weighted by Gasteiger charge is 2.43. The van der Waals surface area contributed by atoms with Crippen molar-refractivity contribution in [1.82, 2.24) is 0 Å². The molecule has 0 aromatic carbocycles. The third-order valence-electron chi connectivity index (χ3n) is 3.14. The van der Waals surface area contributed by atoms with Gasteiger partial charge >= 0.3 is 6.18 Å². The molecule has 0 spiro atoms. The van der Waals surface area contributed by atoms with E-state index in [0.717, 1.165) is 25.7 Å². The molecule has 84 valence electrons. The second kappa shape index (κ2) is 5.01. The monoisotopic (exact) mass is 209 g/mol. The molecule has 14 heavy (non-hydrogen) atoms. The molecule has 1 aliphatic carbocycles. The highest BCUT2D eigenvalue weighted by atomic mass is 19.4. The van der Waals surface area contributed by atoms with Gasteiger partial charge in [-0.05, 0) is 18.8 Å². The van der Waals surface area contributed by atoms with Crippen LogP contribution in [-0.4, -0.2) is 12.7 Å². The molecule has 1 unspecified atom stereocenters. The molecule has 0 aromatic heterocycles. The summed E-state index contributed by atoms with van der Waals surface area (Å²) in [6.45, 7) is -0.256. The van der Waals surface area contributed by atoms with Crippen LogP contribution in [0.2, 0.25) is 0 Å². The van der Waals surface area contributed by atoms with Crippen molar-refractivity contribution < 1.29 is 13.2 Å². The predicted molar refractivity (Wildman–Crippen MR) is 49.8 cm³/mol. The standard InChI is InChI=1S/C10H18F3N/c11-10(12,13)9(7-14)8-5-3-1-2-4-6-8/h8-9H,1-7,14H2. The van der Waals surface area contributed by atoms with Gasteiger partial charge in [0.15, 0.2) is 0 Å². The minimum atomic E-state index is -4.11. The fraction of sp³-hybridized carbons (Fsp3) is 1.00. The average molecular weight is 209 g/mol. The zero-order valence-corrected chi connectivity index (χ0v) is 8.32. The summed E-state index contributed by atoms with van der Waals surface area (Å²) in [4.78, 5) is 0. The second-order valence-electron chi connectivity index (χ2n) is 4.14. The van der Waals surface area contributed by atoms with E-state index in [4.69, 9.17) is 5.73 Å². The Balaban J connectivity index is 2.58. The first kappa shape index (κ1) is 11.8. The molecule has 1 atom stereocenters. The lowest BCUT2D eigenvalue weighted by atomic mass is 9.85. The first-order chi connectivity index (χ1) is 6.55. The highest BCUT2D eigenvalue weighted by Crippen LogP contribution is 2.38. The van der Waals surface area contributed by atoms with E-state index in [0.29, 0.717) is 12.8 Å². The van der Waals surface area contributed by atoms with E-state index in [2.05, 4.69) is 0 Å². The zero-order valence-electron chi connectivity index (χ0n) is 8.32. The molecule has 1 nitrogen and oxygen atoms in total. The summed E-state index contributed by atoms with van der Waals surface area (Å²) in [5.41, 5.74) is 5.22. The summed E-state index contributed by atoms with van der Waals surface area (Å²) in [6, 6.07) is 0. The summed E-state index contributed by atoms with van der Waals surface area (Å²) < 4.78 is 37.7. The maximum atomic E-state index is 12.6. The number of nitrogens with two attached hydrogens (primary N) is 1. The summed E-state index contributed by atoms with van der Waals surface area (Å²) in [7, 11) is 0. The Hall–Kier alpha value is -0.250. The van der Waals surface area contributed by atoms with Crippen LogP contribution in [0.4, 0.5) is 13.2 Å². The van der Waals surface area contributed by atoms with Crippen molar-refractivity contribution in [3.05, 3.63) is 0 Å². The summed E-state index contributed by atoms with van der Waals surface area (Å²) in [6.07, 6.45) is 1.29. The van der Waals surface area contributed by atoms with E-state index in [9.17, 15) is 13.2 Å². The Bertz CT molecular complexity index is 159. The summed E-state index contributed by atoms with van der Waals surface area (Å²) in [5.74, 6) is -1.51. The van der Waals surface area contributed by atoms with Crippen molar-refractivity contribution in [2.75, 3.05) is 6.54 Å². The van der Waals surface area contributed by atoms with Crippen molar-refractivity contribution in [2.45, 2.75) is 44.7 Å². The zero-order chi connectivity index (χ0) is 10.6. The number of hydrogen-bond acceptors (Lipinski definition) is 1. The molecular formula is C10H18F3N. The molecule has 0 amide bonds. The van der Waals surface area contributed by atoms with Gasteiger partial charge in [0, 0.05) is 6.54 Å². The van der Waals surface area contributed by atoms with Crippen LogP contribution in [-0.2, 0) is 0 Å². The van der Waals surface area contributed by atoms with E-state index in [-0.39, 0.29) is 12.5 Å². The molecule has 1 aliphatic rings. The van der Waals surface area contributed by atoms with Gasteiger partial charge in [0.2, 0.25) is 0 Å². The molecule has 0 aliphatic heterocycles. The lowest BCUT2D eigenvalue weighted by molar-refractivity contribution is -0.186. The fourth-order valence-electron chi connectivity index (χ4n) is 2.31. The van der Waals surface area contributed by atoms with E-state index in [1.165, 1.54) is 0 Å². The Morgan fingerprint density at radius 2 is 1.57 bits per heavy atom. The second-order valence-corrected chi connectivity index (χ2v) is 4.14. The van der Waals surface area contributed by atoms with Crippen LogP contribution in [0.5, 0.6) is 0 Å². The minimum Gasteiger partial charge on any atom is -0.330 e. The van der Waals surface area contributed by atoms with Crippen molar-refractivity contribution in [3.63, 3.8) is 0 Å². The fourth-order valence-corrected chi connectivity index (χ4v) is 2.31. The number of hydrogen-bond donors (Lipinski definition) is 1. The van der Waals surface area contributed by atoms with Crippen LogP contribution in [0.25, 0.3) is 0 Å². The third kappa shape index (κ3) is 3.15. The molecule has 1 fully saturated rings. The maximum absolute atomic E-state index is 12.6. The van der Waals surface area contributed by atoms with Gasteiger partial charge < -0.3 is 5.73 Å². The van der Waals surface area contributed by atoms with Crippen LogP contribution in [0.1, 0.15) is 38.5 Å². The molecule has 1 rings (SSSR count). The number of alkyl halides is 3. The molecular weight excluding hydrogens is 191 g/mol. The van der Waals surface area contributed by atoms with E-state index < -0.39 is 12.1 Å². The van der Waals surface area contributed by atoms with Gasteiger partial charge in [-0.3, -0.25) is 0 Å². The maximum Gasteiger partial charge on any atom is 0.393 e. The molecule has 0 aromatic rings. The SMILES string of the molecule is NCC(C1CCCCCC1)C(F)(F)F. The van der Waals surface area contributed by atoms with Crippen LogP contribution >= 0.6 is 0 Å². The van der Waals surface area contributed by atoms with Crippen LogP contribution in [0, 0.1) is 11.8 Å². The molecule has 0 heterocycles. The Kier molecular flexibility index (Phi) is 4.23. The molecule has 0 bridgehead atoms. The van der Waals surface area contributed by atoms with Gasteiger partial charge in [0.1, 0.15) is 0 Å². The van der Waals surface area contributed by atoms with Gasteiger partial charge in [-0.1, -0.05) is 25.7 Å². The van der Waals surface area contributed by atoms with Gasteiger partial charge in [0.05, 0.1) is 5.92 Å². The summed E-state index contributed by atoms with van der Waals surface area (Å²) >= 11 is 0. The van der Waals surface area contributed by atoms with E-state index >= 15 is 0 Å². The summed E-state index contributed by atoms with van der Waals surface area (Å²) in [5, 5.41) is 0. The number of rotatable bonds is 2. The van der Waals surface area contributed by atoms with Crippen molar-refractivity contribution in [3.8, 4) is 0 Å². The van der Waals surface area contributed by atoms with Gasteiger partial charge in [0.25, 0.3) is 0 Å². The molecule has 4 heteroatoms. The first-order valence-electron chi connectivity index (χ1n) is 5.32. The number of halogens is 3. The largest absolute Gasteiger partial charge is 0.393 e. The van der Waals surface area contributed by atoms with Crippen molar-refractivity contribution in [1.29, 1.82) is 0 Å². The average Bonchev–Trinajstić information content (AvgIpc) is 2.31. The lowest BCUT2D eigenvalue weighted by Crippen LogP contribution is -2.36. The van der Waals surface area contributed by atoms with Crippen LogP contribution < -0.4 is 5.73 Å². The van der Waals surface area contributed by atoms with Crippen LogP contribution in [0.3, 0.4) is 0 Å². The Morgan fingerprint density at radius 1 is 1.07 bits per heavy atom. The quantitative estimate of drug-likeness (QED) is 0.695.